The van der Waals surface area contributed by atoms with Gasteiger partial charge in [-0.25, -0.2) is 8.78 Å². The van der Waals surface area contributed by atoms with Crippen LogP contribution >= 0.6 is 0 Å². The minimum atomic E-state index is -0.789. The zero-order valence-corrected chi connectivity index (χ0v) is 18.6. The molecular weight excluding hydrogens is 438 g/mol. The molecule has 1 fully saturated rings. The van der Waals surface area contributed by atoms with Crippen molar-refractivity contribution >= 4 is 17.5 Å². The molecule has 1 aliphatic carbocycles. The summed E-state index contributed by atoms with van der Waals surface area (Å²) in [6.45, 7) is 0.273. The van der Waals surface area contributed by atoms with E-state index in [1.807, 2.05) is 12.1 Å². The number of nitrogens with two attached hydrogens (primary N) is 1. The molecule has 0 atom stereocenters. The molecule has 1 aliphatic rings. The minimum absolute atomic E-state index is 0.0198. The third kappa shape index (κ3) is 5.82. The van der Waals surface area contributed by atoms with Gasteiger partial charge in [-0.3, -0.25) is 14.6 Å². The molecule has 176 valence electrons. The van der Waals surface area contributed by atoms with Gasteiger partial charge in [-0.2, -0.15) is 0 Å². The summed E-state index contributed by atoms with van der Waals surface area (Å²) in [6.07, 6.45) is 6.12. The molecule has 1 heterocycles. The van der Waals surface area contributed by atoms with Crippen molar-refractivity contribution in [2.75, 3.05) is 5.32 Å². The molecule has 6 nitrogen and oxygen atoms in total. The van der Waals surface area contributed by atoms with Gasteiger partial charge in [0.1, 0.15) is 11.6 Å². The molecule has 0 radical (unpaired) electrons. The minimum Gasteiger partial charge on any atom is -0.331 e. The Morgan fingerprint density at radius 2 is 1.53 bits per heavy atom. The van der Waals surface area contributed by atoms with Crippen LogP contribution in [-0.4, -0.2) is 33.8 Å². The molecule has 4 rings (SSSR count). The zero-order valence-electron chi connectivity index (χ0n) is 18.6. The first-order valence-corrected chi connectivity index (χ1v) is 11.2. The number of rotatable bonds is 6. The highest BCUT2D eigenvalue weighted by Gasteiger charge is 2.29. The van der Waals surface area contributed by atoms with Gasteiger partial charge in [0.15, 0.2) is 0 Å². The molecule has 2 aromatic carbocycles. The number of aromatic nitrogens is 1. The van der Waals surface area contributed by atoms with Crippen LogP contribution in [0.3, 0.4) is 0 Å². The van der Waals surface area contributed by atoms with E-state index in [1.165, 1.54) is 0 Å². The lowest BCUT2D eigenvalue weighted by molar-refractivity contribution is 0.0605. The molecule has 3 aromatic rings. The standard InChI is InChI=1S/C26H26F2N4O2/c27-20-13-19(14-21(28)15-20)26(34)32(24-7-3-22(29)4-8-24)16-17-1-5-23(6-2-17)31-25(33)18-9-11-30-12-10-18/h1-2,5-6,9-15,22,24H,3-4,7-8,16,29H2,(H,31,33). The van der Waals surface area contributed by atoms with Gasteiger partial charge in [0.05, 0.1) is 0 Å². The monoisotopic (exact) mass is 464 g/mol. The van der Waals surface area contributed by atoms with Crippen molar-refractivity contribution in [2.45, 2.75) is 44.3 Å². The number of hydrogen-bond donors (Lipinski definition) is 2. The van der Waals surface area contributed by atoms with E-state index in [-0.39, 0.29) is 30.1 Å². The summed E-state index contributed by atoms with van der Waals surface area (Å²) in [6, 6.07) is 13.3. The Hall–Kier alpha value is -3.65. The third-order valence-electron chi connectivity index (χ3n) is 6.06. The third-order valence-corrected chi connectivity index (χ3v) is 6.06. The lowest BCUT2D eigenvalue weighted by Gasteiger charge is -2.36. The Kier molecular flexibility index (Phi) is 7.27. The fourth-order valence-electron chi connectivity index (χ4n) is 4.22. The Balaban J connectivity index is 1.51. The van der Waals surface area contributed by atoms with Crippen LogP contribution in [-0.2, 0) is 6.54 Å². The van der Waals surface area contributed by atoms with Crippen molar-refractivity contribution in [2.24, 2.45) is 5.73 Å². The Bertz CT molecular complexity index is 1130. The molecule has 0 bridgehead atoms. The van der Waals surface area contributed by atoms with E-state index in [9.17, 15) is 18.4 Å². The summed E-state index contributed by atoms with van der Waals surface area (Å²) in [4.78, 5) is 31.2. The van der Waals surface area contributed by atoms with Crippen LogP contribution in [0.15, 0.2) is 67.0 Å². The van der Waals surface area contributed by atoms with Crippen LogP contribution in [0.4, 0.5) is 14.5 Å². The molecule has 1 aromatic heterocycles. The summed E-state index contributed by atoms with van der Waals surface area (Å²) in [5.74, 6) is -2.25. The van der Waals surface area contributed by atoms with Crippen molar-refractivity contribution < 1.29 is 18.4 Å². The van der Waals surface area contributed by atoms with Crippen molar-refractivity contribution in [3.63, 3.8) is 0 Å². The van der Waals surface area contributed by atoms with E-state index >= 15 is 0 Å². The average Bonchev–Trinajstić information content (AvgIpc) is 2.84. The van der Waals surface area contributed by atoms with E-state index in [0.29, 0.717) is 11.3 Å². The topological polar surface area (TPSA) is 88.3 Å². The number of carbonyl (C=O) groups excluding carboxylic acids is 2. The quantitative estimate of drug-likeness (QED) is 0.561. The molecule has 0 spiro atoms. The van der Waals surface area contributed by atoms with Gasteiger partial charge in [0, 0.05) is 53.9 Å². The van der Waals surface area contributed by atoms with Crippen LogP contribution in [0, 0.1) is 11.6 Å². The second-order valence-electron chi connectivity index (χ2n) is 8.55. The van der Waals surface area contributed by atoms with Crippen LogP contribution < -0.4 is 11.1 Å². The Morgan fingerprint density at radius 1 is 0.912 bits per heavy atom. The highest BCUT2D eigenvalue weighted by molar-refractivity contribution is 6.04. The molecule has 3 N–H and O–H groups in total. The zero-order chi connectivity index (χ0) is 24.1. The van der Waals surface area contributed by atoms with Crippen molar-refractivity contribution in [3.8, 4) is 0 Å². The first-order chi connectivity index (χ1) is 16.4. The molecule has 1 saturated carbocycles. The van der Waals surface area contributed by atoms with Crippen LogP contribution in [0.2, 0.25) is 0 Å². The predicted octanol–water partition coefficient (Wildman–Crippen LogP) is 4.52. The largest absolute Gasteiger partial charge is 0.331 e. The number of nitrogens with one attached hydrogen (secondary N) is 1. The fraction of sp³-hybridized carbons (Fsp3) is 0.269. The van der Waals surface area contributed by atoms with Gasteiger partial charge in [-0.15, -0.1) is 0 Å². The number of benzene rings is 2. The Morgan fingerprint density at radius 3 is 2.15 bits per heavy atom. The first kappa shape index (κ1) is 23.5. The molecular formula is C26H26F2N4O2. The SMILES string of the molecule is NC1CCC(N(Cc2ccc(NC(=O)c3ccncc3)cc2)C(=O)c2cc(F)cc(F)c2)CC1. The summed E-state index contributed by atoms with van der Waals surface area (Å²) >= 11 is 0. The van der Waals surface area contributed by atoms with Gasteiger partial charge in [0.2, 0.25) is 0 Å². The van der Waals surface area contributed by atoms with E-state index < -0.39 is 17.5 Å². The molecule has 8 heteroatoms. The summed E-state index contributed by atoms with van der Waals surface area (Å²) < 4.78 is 27.6. The van der Waals surface area contributed by atoms with Crippen molar-refractivity contribution in [1.82, 2.24) is 9.88 Å². The number of nitrogens with zero attached hydrogens (tertiary/aromatic N) is 2. The number of hydrogen-bond acceptors (Lipinski definition) is 4. The van der Waals surface area contributed by atoms with E-state index in [1.54, 1.807) is 41.6 Å². The van der Waals surface area contributed by atoms with Crippen molar-refractivity contribution in [3.05, 3.63) is 95.3 Å². The maximum Gasteiger partial charge on any atom is 0.255 e. The first-order valence-electron chi connectivity index (χ1n) is 11.2. The molecule has 0 aliphatic heterocycles. The van der Waals surface area contributed by atoms with Crippen LogP contribution in [0.25, 0.3) is 0 Å². The second-order valence-corrected chi connectivity index (χ2v) is 8.55. The smallest absolute Gasteiger partial charge is 0.255 e. The summed E-state index contributed by atoms with van der Waals surface area (Å²) in [5, 5.41) is 2.82. The number of pyridine rings is 1. The van der Waals surface area contributed by atoms with E-state index in [4.69, 9.17) is 5.73 Å². The van der Waals surface area contributed by atoms with Crippen LogP contribution in [0.1, 0.15) is 52.0 Å². The highest BCUT2D eigenvalue weighted by Crippen LogP contribution is 2.26. The molecule has 0 unspecified atom stereocenters. The lowest BCUT2D eigenvalue weighted by atomic mass is 9.90. The fourth-order valence-corrected chi connectivity index (χ4v) is 4.22. The number of halogens is 2. The van der Waals surface area contributed by atoms with Gasteiger partial charge >= 0.3 is 0 Å². The summed E-state index contributed by atoms with van der Waals surface area (Å²) in [5.41, 5.74) is 7.95. The highest BCUT2D eigenvalue weighted by atomic mass is 19.1. The molecule has 34 heavy (non-hydrogen) atoms. The average molecular weight is 465 g/mol. The lowest BCUT2D eigenvalue weighted by Crippen LogP contribution is -2.43. The van der Waals surface area contributed by atoms with E-state index in [2.05, 4.69) is 10.3 Å². The summed E-state index contributed by atoms with van der Waals surface area (Å²) in [7, 11) is 0. The maximum atomic E-state index is 13.8. The van der Waals surface area contributed by atoms with Crippen molar-refractivity contribution in [1.29, 1.82) is 0 Å². The predicted molar refractivity (Wildman–Crippen MR) is 125 cm³/mol. The number of carbonyl (C=O) groups is 2. The van der Waals surface area contributed by atoms with Gasteiger partial charge in [-0.1, -0.05) is 12.1 Å². The maximum absolute atomic E-state index is 13.8. The van der Waals surface area contributed by atoms with Gasteiger partial charge in [-0.05, 0) is 67.6 Å². The van der Waals surface area contributed by atoms with Crippen LogP contribution in [0.5, 0.6) is 0 Å². The second kappa shape index (κ2) is 10.5. The molecule has 2 amide bonds. The van der Waals surface area contributed by atoms with Gasteiger partial charge < -0.3 is 16.0 Å². The van der Waals surface area contributed by atoms with Gasteiger partial charge in [0.25, 0.3) is 11.8 Å². The molecule has 0 saturated heterocycles. The number of anilines is 1. The Labute approximate surface area is 196 Å². The normalized spacial score (nSPS) is 17.7. The van der Waals surface area contributed by atoms with E-state index in [0.717, 1.165) is 49.4 Å². The number of amides is 2.